The normalized spacial score (nSPS) is 17.5. The molecular weight excluding hydrogens is 172 g/mol. The van der Waals surface area contributed by atoms with Crippen molar-refractivity contribution >= 4 is 0 Å². The van der Waals surface area contributed by atoms with Gasteiger partial charge >= 0.3 is 0 Å². The van der Waals surface area contributed by atoms with E-state index in [0.717, 1.165) is 12.1 Å². The zero-order valence-electron chi connectivity index (χ0n) is 10.1. The number of rotatable bonds is 6. The smallest absolute Gasteiger partial charge is 0.00768 e. The average molecular weight is 198 g/mol. The molecule has 0 aliphatic carbocycles. The molecule has 0 rings (SSSR count). The van der Waals surface area contributed by atoms with Crippen molar-refractivity contribution in [2.75, 3.05) is 0 Å². The van der Waals surface area contributed by atoms with Crippen LogP contribution in [0.5, 0.6) is 0 Å². The molecule has 4 N–H and O–H groups in total. The van der Waals surface area contributed by atoms with Crippen molar-refractivity contribution in [1.82, 2.24) is 0 Å². The highest BCUT2D eigenvalue weighted by molar-refractivity contribution is 5.14. The van der Waals surface area contributed by atoms with Crippen LogP contribution in [0.25, 0.3) is 0 Å². The molecule has 0 aromatic heterocycles. The van der Waals surface area contributed by atoms with Crippen LogP contribution in [0, 0.1) is 5.92 Å². The van der Waals surface area contributed by atoms with Crippen LogP contribution in [0.4, 0.5) is 0 Å². The van der Waals surface area contributed by atoms with Gasteiger partial charge in [0.1, 0.15) is 0 Å². The van der Waals surface area contributed by atoms with Crippen LogP contribution >= 0.6 is 0 Å². The van der Waals surface area contributed by atoms with Crippen molar-refractivity contribution in [3.05, 3.63) is 11.3 Å². The third-order valence-corrected chi connectivity index (χ3v) is 2.84. The molecule has 0 saturated heterocycles. The largest absolute Gasteiger partial charge is 0.402 e. The van der Waals surface area contributed by atoms with E-state index in [1.54, 1.807) is 0 Å². The van der Waals surface area contributed by atoms with Gasteiger partial charge < -0.3 is 11.5 Å². The summed E-state index contributed by atoms with van der Waals surface area (Å²) in [6, 6.07) is 0.218. The Morgan fingerprint density at radius 2 is 1.86 bits per heavy atom. The molecular formula is C12H26N2. The van der Waals surface area contributed by atoms with E-state index < -0.39 is 0 Å². The molecule has 2 nitrogen and oxygen atoms in total. The number of unbranched alkanes of at least 4 members (excludes halogenated alkanes) is 1. The third kappa shape index (κ3) is 4.14. The first-order chi connectivity index (χ1) is 6.54. The van der Waals surface area contributed by atoms with E-state index in [9.17, 15) is 0 Å². The number of nitrogens with two attached hydrogens (primary N) is 2. The second kappa shape index (κ2) is 6.88. The van der Waals surface area contributed by atoms with Crippen molar-refractivity contribution in [3.8, 4) is 0 Å². The number of hydrogen-bond donors (Lipinski definition) is 2. The van der Waals surface area contributed by atoms with Crippen LogP contribution in [-0.4, -0.2) is 6.04 Å². The lowest BCUT2D eigenvalue weighted by Gasteiger charge is -2.24. The Bertz CT molecular complexity index is 179. The second-order valence-electron chi connectivity index (χ2n) is 4.17. The molecule has 2 atom stereocenters. The summed E-state index contributed by atoms with van der Waals surface area (Å²) in [5.41, 5.74) is 14.2. The first-order valence-electron chi connectivity index (χ1n) is 5.75. The fourth-order valence-electron chi connectivity index (χ4n) is 2.01. The van der Waals surface area contributed by atoms with Gasteiger partial charge in [-0.3, -0.25) is 0 Å². The molecule has 0 radical (unpaired) electrons. The Morgan fingerprint density at radius 1 is 1.29 bits per heavy atom. The number of hydrogen-bond acceptors (Lipinski definition) is 2. The summed E-state index contributed by atoms with van der Waals surface area (Å²) < 4.78 is 0. The lowest BCUT2D eigenvalue weighted by atomic mass is 9.85. The van der Waals surface area contributed by atoms with Gasteiger partial charge in [0, 0.05) is 11.7 Å². The lowest BCUT2D eigenvalue weighted by Crippen LogP contribution is -2.29. The van der Waals surface area contributed by atoms with E-state index in [4.69, 9.17) is 11.5 Å². The minimum absolute atomic E-state index is 0.218. The van der Waals surface area contributed by atoms with Crippen LogP contribution in [-0.2, 0) is 0 Å². The minimum atomic E-state index is 0.218. The summed E-state index contributed by atoms with van der Waals surface area (Å²) >= 11 is 0. The highest BCUT2D eigenvalue weighted by Gasteiger charge is 2.18. The van der Waals surface area contributed by atoms with Crippen molar-refractivity contribution in [2.24, 2.45) is 17.4 Å². The van der Waals surface area contributed by atoms with Crippen LogP contribution in [0.2, 0.25) is 0 Å². The van der Waals surface area contributed by atoms with Crippen molar-refractivity contribution in [3.63, 3.8) is 0 Å². The van der Waals surface area contributed by atoms with E-state index >= 15 is 0 Å². The van der Waals surface area contributed by atoms with Crippen molar-refractivity contribution in [2.45, 2.75) is 59.4 Å². The zero-order chi connectivity index (χ0) is 11.1. The Labute approximate surface area is 88.7 Å². The van der Waals surface area contributed by atoms with E-state index in [-0.39, 0.29) is 6.04 Å². The van der Waals surface area contributed by atoms with Gasteiger partial charge in [-0.2, -0.15) is 0 Å². The molecule has 0 aliphatic heterocycles. The topological polar surface area (TPSA) is 52.0 Å². The van der Waals surface area contributed by atoms with Crippen LogP contribution in [0.3, 0.4) is 0 Å². The Hall–Kier alpha value is -0.500. The monoisotopic (exact) mass is 198 g/mol. The SMILES string of the molecule is CCCCC(/C(CC)=C(/C)N)C(C)N. The lowest BCUT2D eigenvalue weighted by molar-refractivity contribution is 0.444. The first kappa shape index (κ1) is 13.5. The first-order valence-corrected chi connectivity index (χ1v) is 5.75. The van der Waals surface area contributed by atoms with Crippen LogP contribution in [0.1, 0.15) is 53.4 Å². The molecule has 2 unspecified atom stereocenters. The molecule has 2 heteroatoms. The molecule has 0 heterocycles. The molecule has 14 heavy (non-hydrogen) atoms. The van der Waals surface area contributed by atoms with E-state index in [0.29, 0.717) is 5.92 Å². The van der Waals surface area contributed by atoms with E-state index in [2.05, 4.69) is 20.8 Å². The highest BCUT2D eigenvalue weighted by Crippen LogP contribution is 2.24. The van der Waals surface area contributed by atoms with Gasteiger partial charge in [0.05, 0.1) is 0 Å². The maximum Gasteiger partial charge on any atom is 0.00768 e. The number of allylic oxidation sites excluding steroid dienone is 1. The van der Waals surface area contributed by atoms with Crippen molar-refractivity contribution < 1.29 is 0 Å². The van der Waals surface area contributed by atoms with E-state index in [1.807, 2.05) is 6.92 Å². The minimum Gasteiger partial charge on any atom is -0.402 e. The molecule has 0 aliphatic rings. The molecule has 0 amide bonds. The molecule has 0 saturated carbocycles. The van der Waals surface area contributed by atoms with Gasteiger partial charge in [0.15, 0.2) is 0 Å². The van der Waals surface area contributed by atoms with Gasteiger partial charge in [-0.1, -0.05) is 26.7 Å². The van der Waals surface area contributed by atoms with Crippen LogP contribution < -0.4 is 11.5 Å². The fraction of sp³-hybridized carbons (Fsp3) is 0.833. The summed E-state index contributed by atoms with van der Waals surface area (Å²) in [7, 11) is 0. The maximum absolute atomic E-state index is 6.00. The summed E-state index contributed by atoms with van der Waals surface area (Å²) in [5.74, 6) is 0.477. The summed E-state index contributed by atoms with van der Waals surface area (Å²) in [4.78, 5) is 0. The van der Waals surface area contributed by atoms with Gasteiger partial charge in [-0.25, -0.2) is 0 Å². The molecule has 84 valence electrons. The summed E-state index contributed by atoms with van der Waals surface area (Å²) in [6.45, 7) is 8.44. The predicted molar refractivity (Wildman–Crippen MR) is 63.8 cm³/mol. The second-order valence-corrected chi connectivity index (χ2v) is 4.17. The predicted octanol–water partition coefficient (Wildman–Crippen LogP) is 2.78. The summed E-state index contributed by atoms with van der Waals surface area (Å²) in [5, 5.41) is 0. The molecule has 0 aromatic rings. The Balaban J connectivity index is 4.54. The van der Waals surface area contributed by atoms with Gasteiger partial charge in [-0.15, -0.1) is 0 Å². The van der Waals surface area contributed by atoms with Gasteiger partial charge in [0.25, 0.3) is 0 Å². The molecule has 0 aromatic carbocycles. The Morgan fingerprint density at radius 3 is 2.14 bits per heavy atom. The molecule has 0 spiro atoms. The molecule has 0 bridgehead atoms. The summed E-state index contributed by atoms with van der Waals surface area (Å²) in [6.07, 6.45) is 4.66. The standard InChI is InChI=1S/C12H26N2/c1-5-7-8-12(10(4)14)11(6-2)9(3)13/h10,12H,5-8,13-14H2,1-4H3/b11-9-. The fourth-order valence-corrected chi connectivity index (χ4v) is 2.01. The van der Waals surface area contributed by atoms with Gasteiger partial charge in [0.2, 0.25) is 0 Å². The average Bonchev–Trinajstić information content (AvgIpc) is 2.10. The third-order valence-electron chi connectivity index (χ3n) is 2.84. The molecule has 0 fully saturated rings. The van der Waals surface area contributed by atoms with Crippen molar-refractivity contribution in [1.29, 1.82) is 0 Å². The van der Waals surface area contributed by atoms with E-state index in [1.165, 1.54) is 24.8 Å². The Kier molecular flexibility index (Phi) is 6.64. The quantitative estimate of drug-likeness (QED) is 0.689. The zero-order valence-corrected chi connectivity index (χ0v) is 10.1. The highest BCUT2D eigenvalue weighted by atomic mass is 14.6. The van der Waals surface area contributed by atoms with Crippen LogP contribution in [0.15, 0.2) is 11.3 Å². The maximum atomic E-state index is 6.00. The van der Waals surface area contributed by atoms with Gasteiger partial charge in [-0.05, 0) is 38.2 Å².